The predicted octanol–water partition coefficient (Wildman–Crippen LogP) is 2.85. The molecule has 0 radical (unpaired) electrons. The molecule has 6 N–H and O–H groups in total. The van der Waals surface area contributed by atoms with Gasteiger partial charge in [0.05, 0.1) is 18.2 Å². The second kappa shape index (κ2) is 9.15. The Kier molecular flexibility index (Phi) is 7.11. The Bertz CT molecular complexity index is 889. The lowest BCUT2D eigenvalue weighted by Gasteiger charge is -2.23. The molecule has 0 unspecified atom stereocenters. The molecule has 0 fully saturated rings. The molecule has 2 aromatic rings. The van der Waals surface area contributed by atoms with Gasteiger partial charge in [-0.25, -0.2) is 0 Å². The van der Waals surface area contributed by atoms with Crippen molar-refractivity contribution in [2.45, 2.75) is 38.8 Å². The van der Waals surface area contributed by atoms with E-state index >= 15 is 0 Å². The van der Waals surface area contributed by atoms with Crippen LogP contribution in [-0.2, 0) is 10.4 Å². The van der Waals surface area contributed by atoms with Gasteiger partial charge in [0.25, 0.3) is 5.91 Å². The van der Waals surface area contributed by atoms with E-state index in [1.807, 2.05) is 6.92 Å². The van der Waals surface area contributed by atoms with Crippen LogP contribution in [0, 0.1) is 0 Å². The Balaban J connectivity index is 2.05. The fourth-order valence-electron chi connectivity index (χ4n) is 2.86. The minimum Gasteiger partial charge on any atom is -0.508 e. The highest BCUT2D eigenvalue weighted by molar-refractivity contribution is 6.30. The van der Waals surface area contributed by atoms with Crippen LogP contribution >= 0.6 is 11.6 Å². The van der Waals surface area contributed by atoms with E-state index in [0.29, 0.717) is 17.0 Å². The summed E-state index contributed by atoms with van der Waals surface area (Å²) in [6, 6.07) is 8.88. The first-order chi connectivity index (χ1) is 13.5. The van der Waals surface area contributed by atoms with Crippen molar-refractivity contribution in [3.63, 3.8) is 0 Å². The number of benzene rings is 2. The van der Waals surface area contributed by atoms with E-state index in [2.05, 4.69) is 10.6 Å². The monoisotopic (exact) mass is 419 g/mol. The minimum absolute atomic E-state index is 0.130. The smallest absolute Gasteiger partial charge is 0.251 e. The van der Waals surface area contributed by atoms with Gasteiger partial charge in [0.1, 0.15) is 5.75 Å². The molecule has 0 aliphatic carbocycles. The number of aliphatic hydroxyl groups is 1. The van der Waals surface area contributed by atoms with Crippen molar-refractivity contribution in [2.24, 2.45) is 0 Å². The summed E-state index contributed by atoms with van der Waals surface area (Å²) >= 11 is 6.18. The van der Waals surface area contributed by atoms with E-state index in [4.69, 9.17) is 17.3 Å². The van der Waals surface area contributed by atoms with Crippen molar-refractivity contribution in [1.82, 2.24) is 10.6 Å². The fourth-order valence-corrected chi connectivity index (χ4v) is 3.11. The summed E-state index contributed by atoms with van der Waals surface area (Å²) < 4.78 is 0. The van der Waals surface area contributed by atoms with Gasteiger partial charge in [-0.15, -0.1) is 0 Å². The Morgan fingerprint density at radius 2 is 1.86 bits per heavy atom. The van der Waals surface area contributed by atoms with Crippen LogP contribution in [0.1, 0.15) is 54.7 Å². The van der Waals surface area contributed by atoms with Gasteiger partial charge in [-0.1, -0.05) is 24.6 Å². The number of phenolic OH excluding ortho intramolecular Hbond substituents is 1. The molecule has 0 saturated heterocycles. The average Bonchev–Trinajstić information content (AvgIpc) is 2.62. The molecule has 2 rings (SSSR count). The van der Waals surface area contributed by atoms with E-state index in [1.54, 1.807) is 32.0 Å². The number of nitrogens with two attached hydrogens (primary N) is 1. The summed E-state index contributed by atoms with van der Waals surface area (Å²) in [6.07, 6.45) is 0.592. The number of carbonyl (C=O) groups is 2. The van der Waals surface area contributed by atoms with Gasteiger partial charge in [-0.05, 0) is 55.7 Å². The van der Waals surface area contributed by atoms with Gasteiger partial charge in [-0.2, -0.15) is 0 Å². The van der Waals surface area contributed by atoms with Crippen LogP contribution in [0.3, 0.4) is 0 Å². The van der Waals surface area contributed by atoms with E-state index in [0.717, 1.165) is 5.56 Å². The number of amides is 2. The Hall–Kier alpha value is -2.77. The van der Waals surface area contributed by atoms with Crippen LogP contribution in [0.25, 0.3) is 0 Å². The number of anilines is 1. The SMILES string of the molecule is CC[C@H](NC(=O)CNC(=O)c1cc(N)cc(O)c1)c1cc(Cl)cc(C(C)(C)O)c1. The highest BCUT2D eigenvalue weighted by Crippen LogP contribution is 2.28. The molecule has 7 nitrogen and oxygen atoms in total. The Morgan fingerprint density at radius 1 is 1.17 bits per heavy atom. The zero-order valence-corrected chi connectivity index (χ0v) is 17.4. The molecule has 0 aliphatic rings. The average molecular weight is 420 g/mol. The van der Waals surface area contributed by atoms with Gasteiger partial charge in [0.15, 0.2) is 0 Å². The van der Waals surface area contributed by atoms with Crippen LogP contribution in [-0.4, -0.2) is 28.6 Å². The van der Waals surface area contributed by atoms with Crippen molar-refractivity contribution >= 4 is 29.1 Å². The molecule has 0 bridgehead atoms. The van der Waals surface area contributed by atoms with Crippen molar-refractivity contribution in [3.8, 4) is 5.75 Å². The third-order valence-electron chi connectivity index (χ3n) is 4.38. The predicted molar refractivity (Wildman–Crippen MR) is 113 cm³/mol. The van der Waals surface area contributed by atoms with Crippen molar-refractivity contribution in [3.05, 3.63) is 58.1 Å². The number of aromatic hydroxyl groups is 1. The number of phenols is 1. The Labute approximate surface area is 174 Å². The van der Waals surface area contributed by atoms with Crippen molar-refractivity contribution in [2.75, 3.05) is 12.3 Å². The lowest BCUT2D eigenvalue weighted by Crippen LogP contribution is -2.38. The molecule has 1 atom stereocenters. The number of hydrogen-bond acceptors (Lipinski definition) is 5. The molecule has 0 spiro atoms. The van der Waals surface area contributed by atoms with Gasteiger partial charge < -0.3 is 26.6 Å². The molecule has 156 valence electrons. The van der Waals surface area contributed by atoms with Crippen LogP contribution in [0.2, 0.25) is 5.02 Å². The number of carbonyl (C=O) groups excluding carboxylic acids is 2. The Morgan fingerprint density at radius 3 is 2.45 bits per heavy atom. The lowest BCUT2D eigenvalue weighted by atomic mass is 9.93. The number of nitrogens with one attached hydrogen (secondary N) is 2. The largest absolute Gasteiger partial charge is 0.508 e. The highest BCUT2D eigenvalue weighted by Gasteiger charge is 2.20. The maximum Gasteiger partial charge on any atom is 0.251 e. The summed E-state index contributed by atoms with van der Waals surface area (Å²) in [7, 11) is 0. The van der Waals surface area contributed by atoms with Gasteiger partial charge in [0.2, 0.25) is 5.91 Å². The normalized spacial score (nSPS) is 12.3. The third kappa shape index (κ3) is 6.37. The third-order valence-corrected chi connectivity index (χ3v) is 4.60. The minimum atomic E-state index is -1.07. The lowest BCUT2D eigenvalue weighted by molar-refractivity contribution is -0.120. The van der Waals surface area contributed by atoms with Gasteiger partial charge in [0, 0.05) is 22.3 Å². The van der Waals surface area contributed by atoms with E-state index < -0.39 is 11.5 Å². The molecular weight excluding hydrogens is 394 g/mol. The number of hydrogen-bond donors (Lipinski definition) is 5. The fraction of sp³-hybridized carbons (Fsp3) is 0.333. The second-order valence-electron chi connectivity index (χ2n) is 7.36. The zero-order chi connectivity index (χ0) is 21.8. The molecule has 8 heteroatoms. The van der Waals surface area contributed by atoms with E-state index in [-0.39, 0.29) is 35.5 Å². The quantitative estimate of drug-likeness (QED) is 0.441. The van der Waals surface area contributed by atoms with Crippen molar-refractivity contribution in [1.29, 1.82) is 0 Å². The topological polar surface area (TPSA) is 125 Å². The van der Waals surface area contributed by atoms with Crippen LogP contribution in [0.15, 0.2) is 36.4 Å². The summed E-state index contributed by atoms with van der Waals surface area (Å²) in [5.74, 6) is -1.04. The maximum atomic E-state index is 12.3. The van der Waals surface area contributed by atoms with Crippen LogP contribution < -0.4 is 16.4 Å². The van der Waals surface area contributed by atoms with Crippen molar-refractivity contribution < 1.29 is 19.8 Å². The molecule has 0 aliphatic heterocycles. The zero-order valence-electron chi connectivity index (χ0n) is 16.6. The molecule has 0 heterocycles. The summed E-state index contributed by atoms with van der Waals surface area (Å²) in [4.78, 5) is 24.5. The molecule has 2 amide bonds. The first kappa shape index (κ1) is 22.5. The van der Waals surface area contributed by atoms with E-state index in [1.165, 1.54) is 18.2 Å². The highest BCUT2D eigenvalue weighted by atomic mass is 35.5. The first-order valence-electron chi connectivity index (χ1n) is 9.20. The standard InChI is InChI=1S/C21H26ClN3O4/c1-4-18(12-5-14(21(2,3)29)9-15(22)6-12)25-19(27)11-24-20(28)13-7-16(23)10-17(26)8-13/h5-10,18,26,29H,4,11,23H2,1-3H3,(H,24,28)(H,25,27)/t18-/m0/s1. The van der Waals surface area contributed by atoms with Crippen LogP contribution in [0.4, 0.5) is 5.69 Å². The number of nitrogen functional groups attached to an aromatic ring is 1. The molecule has 2 aromatic carbocycles. The summed E-state index contributed by atoms with van der Waals surface area (Å²) in [5.41, 5.74) is 6.34. The van der Waals surface area contributed by atoms with Gasteiger partial charge >= 0.3 is 0 Å². The second-order valence-corrected chi connectivity index (χ2v) is 7.79. The molecule has 29 heavy (non-hydrogen) atoms. The number of halogens is 1. The molecular formula is C21H26ClN3O4. The summed E-state index contributed by atoms with van der Waals surface area (Å²) in [5, 5.41) is 25.6. The van der Waals surface area contributed by atoms with Gasteiger partial charge in [-0.3, -0.25) is 9.59 Å². The molecule has 0 aromatic heterocycles. The first-order valence-corrected chi connectivity index (χ1v) is 9.57. The van der Waals surface area contributed by atoms with E-state index in [9.17, 15) is 19.8 Å². The summed E-state index contributed by atoms with van der Waals surface area (Å²) in [6.45, 7) is 4.98. The van der Waals surface area contributed by atoms with Crippen LogP contribution in [0.5, 0.6) is 5.75 Å². The number of rotatable bonds is 7. The maximum absolute atomic E-state index is 12.3. The molecule has 0 saturated carbocycles.